The number of fused-ring (bicyclic) bond motifs is 1. The molecule has 100 valence electrons. The van der Waals surface area contributed by atoms with Gasteiger partial charge in [0.15, 0.2) is 5.78 Å². The fraction of sp³-hybridized carbons (Fsp3) is 0.133. The maximum absolute atomic E-state index is 11.5. The zero-order valence-corrected chi connectivity index (χ0v) is 11.1. The van der Waals surface area contributed by atoms with Gasteiger partial charge in [-0.2, -0.15) is 0 Å². The molecule has 0 saturated heterocycles. The largest absolute Gasteiger partial charge is 0.324 e. The van der Waals surface area contributed by atoms with Gasteiger partial charge in [-0.25, -0.2) is 4.98 Å². The Kier molecular flexibility index (Phi) is 3.04. The average molecular weight is 266 g/mol. The second-order valence-corrected chi connectivity index (χ2v) is 4.53. The van der Waals surface area contributed by atoms with Crippen molar-refractivity contribution in [1.82, 2.24) is 14.5 Å². The highest BCUT2D eigenvalue weighted by Crippen LogP contribution is 2.20. The average Bonchev–Trinajstić information content (AvgIpc) is 2.82. The van der Waals surface area contributed by atoms with Crippen molar-refractivity contribution in [2.45, 2.75) is 6.92 Å². The minimum atomic E-state index is -0.0621. The zero-order valence-electron chi connectivity index (χ0n) is 11.1. The first-order valence-electron chi connectivity index (χ1n) is 6.33. The van der Waals surface area contributed by atoms with E-state index in [9.17, 15) is 4.79 Å². The molecule has 2 aromatic heterocycles. The van der Waals surface area contributed by atoms with Crippen molar-refractivity contribution in [3.05, 3.63) is 54.1 Å². The summed E-state index contributed by atoms with van der Waals surface area (Å²) >= 11 is 0. The number of Topliss-reactive ketones (excluding diaryl/α,β-unsaturated/α-hetero) is 1. The summed E-state index contributed by atoms with van der Waals surface area (Å²) in [5, 5.41) is 0. The Hall–Kier alpha value is -2.53. The number of ketones is 1. The van der Waals surface area contributed by atoms with Crippen LogP contribution in [0.25, 0.3) is 16.7 Å². The van der Waals surface area contributed by atoms with Crippen molar-refractivity contribution in [2.75, 3.05) is 6.54 Å². The van der Waals surface area contributed by atoms with Gasteiger partial charge in [0.25, 0.3) is 0 Å². The lowest BCUT2D eigenvalue weighted by Crippen LogP contribution is -2.13. The van der Waals surface area contributed by atoms with Crippen molar-refractivity contribution >= 4 is 16.8 Å². The lowest BCUT2D eigenvalue weighted by molar-refractivity contribution is 0.100. The van der Waals surface area contributed by atoms with Crippen LogP contribution in [-0.2, 0) is 0 Å². The van der Waals surface area contributed by atoms with E-state index in [1.54, 1.807) is 24.5 Å². The first-order valence-corrected chi connectivity index (χ1v) is 6.33. The third-order valence-corrected chi connectivity index (χ3v) is 3.26. The van der Waals surface area contributed by atoms with E-state index in [4.69, 9.17) is 5.73 Å². The molecule has 2 N–H and O–H groups in total. The molecule has 0 unspecified atom stereocenters. The Balaban J connectivity index is 2.11. The number of aromatic nitrogens is 3. The molecular formula is C15H14N4O. The lowest BCUT2D eigenvalue weighted by Gasteiger charge is -2.07. The number of imidazole rings is 1. The molecule has 5 heteroatoms. The molecule has 0 radical (unpaired) electrons. The summed E-state index contributed by atoms with van der Waals surface area (Å²) in [5.41, 5.74) is 8.80. The van der Waals surface area contributed by atoms with Crippen LogP contribution in [-0.4, -0.2) is 26.9 Å². The van der Waals surface area contributed by atoms with Crippen LogP contribution >= 0.6 is 0 Å². The van der Waals surface area contributed by atoms with Crippen molar-refractivity contribution in [1.29, 1.82) is 0 Å². The fourth-order valence-electron chi connectivity index (χ4n) is 2.29. The molecule has 0 aliphatic rings. The van der Waals surface area contributed by atoms with E-state index in [-0.39, 0.29) is 12.3 Å². The smallest absolute Gasteiger partial charge is 0.176 e. The van der Waals surface area contributed by atoms with E-state index in [1.165, 1.54) is 0 Å². The molecular weight excluding hydrogens is 252 g/mol. The second-order valence-electron chi connectivity index (χ2n) is 4.53. The van der Waals surface area contributed by atoms with Crippen LogP contribution in [0.4, 0.5) is 0 Å². The summed E-state index contributed by atoms with van der Waals surface area (Å²) in [7, 11) is 0. The monoisotopic (exact) mass is 266 g/mol. The molecule has 0 spiro atoms. The van der Waals surface area contributed by atoms with Crippen LogP contribution in [0.5, 0.6) is 0 Å². The molecule has 5 nitrogen and oxygen atoms in total. The van der Waals surface area contributed by atoms with Crippen LogP contribution in [0.15, 0.2) is 42.7 Å². The number of carbonyl (C=O) groups excluding carboxylic acids is 1. The Morgan fingerprint density at radius 2 is 2.00 bits per heavy atom. The van der Waals surface area contributed by atoms with Gasteiger partial charge in [-0.1, -0.05) is 0 Å². The van der Waals surface area contributed by atoms with Gasteiger partial charge in [0.2, 0.25) is 0 Å². The van der Waals surface area contributed by atoms with E-state index in [2.05, 4.69) is 9.97 Å². The third-order valence-electron chi connectivity index (χ3n) is 3.26. The van der Waals surface area contributed by atoms with E-state index < -0.39 is 0 Å². The van der Waals surface area contributed by atoms with Crippen molar-refractivity contribution in [2.24, 2.45) is 5.73 Å². The summed E-state index contributed by atoms with van der Waals surface area (Å²) < 4.78 is 2.04. The van der Waals surface area contributed by atoms with Gasteiger partial charge in [-0.05, 0) is 37.3 Å². The summed E-state index contributed by atoms with van der Waals surface area (Å²) in [6.45, 7) is 1.97. The molecule has 0 atom stereocenters. The standard InChI is InChI=1S/C15H14N4O/c1-10-18-13-9-17-7-6-14(13)19(10)12-4-2-11(3-5-12)15(20)8-16/h2-7,9H,8,16H2,1H3. The van der Waals surface area contributed by atoms with Crippen LogP contribution in [0.2, 0.25) is 0 Å². The molecule has 0 aliphatic heterocycles. The highest BCUT2D eigenvalue weighted by molar-refractivity contribution is 5.97. The lowest BCUT2D eigenvalue weighted by atomic mass is 10.1. The third kappa shape index (κ3) is 1.98. The molecule has 0 aliphatic carbocycles. The Morgan fingerprint density at radius 1 is 1.25 bits per heavy atom. The van der Waals surface area contributed by atoms with Gasteiger partial charge in [0.05, 0.1) is 18.3 Å². The number of nitrogens with two attached hydrogens (primary N) is 1. The topological polar surface area (TPSA) is 73.8 Å². The molecule has 0 fully saturated rings. The first-order chi connectivity index (χ1) is 9.70. The number of carbonyl (C=O) groups is 1. The highest BCUT2D eigenvalue weighted by Gasteiger charge is 2.10. The molecule has 0 amide bonds. The van der Waals surface area contributed by atoms with E-state index >= 15 is 0 Å². The number of nitrogens with zero attached hydrogens (tertiary/aromatic N) is 3. The van der Waals surface area contributed by atoms with Gasteiger partial charge in [0.1, 0.15) is 11.3 Å². The summed E-state index contributed by atoms with van der Waals surface area (Å²) in [6, 6.07) is 9.30. The van der Waals surface area contributed by atoms with Gasteiger partial charge in [0, 0.05) is 17.4 Å². The van der Waals surface area contributed by atoms with E-state index in [1.807, 2.05) is 29.7 Å². The minimum absolute atomic E-state index is 0.0258. The maximum atomic E-state index is 11.5. The summed E-state index contributed by atoms with van der Waals surface area (Å²) in [5.74, 6) is 0.818. The summed E-state index contributed by atoms with van der Waals surface area (Å²) in [6.07, 6.45) is 3.48. The number of hydrogen-bond donors (Lipinski definition) is 1. The number of hydrogen-bond acceptors (Lipinski definition) is 4. The Morgan fingerprint density at radius 3 is 2.70 bits per heavy atom. The number of aryl methyl sites for hydroxylation is 1. The van der Waals surface area contributed by atoms with Gasteiger partial charge < -0.3 is 5.73 Å². The Labute approximate surface area is 116 Å². The summed E-state index contributed by atoms with van der Waals surface area (Å²) in [4.78, 5) is 20.1. The molecule has 0 saturated carbocycles. The van der Waals surface area contributed by atoms with Crippen LogP contribution in [0.3, 0.4) is 0 Å². The highest BCUT2D eigenvalue weighted by atomic mass is 16.1. The Bertz CT molecular complexity index is 774. The van der Waals surface area contributed by atoms with Crippen molar-refractivity contribution in [3.63, 3.8) is 0 Å². The number of benzene rings is 1. The normalized spacial score (nSPS) is 10.9. The first kappa shape index (κ1) is 12.5. The maximum Gasteiger partial charge on any atom is 0.176 e. The zero-order chi connectivity index (χ0) is 14.1. The molecule has 1 aromatic carbocycles. The van der Waals surface area contributed by atoms with Crippen molar-refractivity contribution in [3.8, 4) is 5.69 Å². The molecule has 20 heavy (non-hydrogen) atoms. The molecule has 3 rings (SSSR count). The molecule has 2 heterocycles. The molecule has 3 aromatic rings. The predicted octanol–water partition coefficient (Wildman–Crippen LogP) is 1.87. The van der Waals surface area contributed by atoms with Crippen molar-refractivity contribution < 1.29 is 4.79 Å². The fourth-order valence-corrected chi connectivity index (χ4v) is 2.29. The number of rotatable bonds is 3. The molecule has 0 bridgehead atoms. The SMILES string of the molecule is Cc1nc2cnccc2n1-c1ccc(C(=O)CN)cc1. The minimum Gasteiger partial charge on any atom is -0.324 e. The van der Waals surface area contributed by atoms with Crippen LogP contribution in [0.1, 0.15) is 16.2 Å². The van der Waals surface area contributed by atoms with Crippen LogP contribution in [0, 0.1) is 6.92 Å². The van der Waals surface area contributed by atoms with E-state index in [0.717, 1.165) is 22.5 Å². The quantitative estimate of drug-likeness (QED) is 0.734. The second kappa shape index (κ2) is 4.86. The van der Waals surface area contributed by atoms with E-state index in [0.29, 0.717) is 5.56 Å². The van der Waals surface area contributed by atoms with Gasteiger partial charge in [-0.15, -0.1) is 0 Å². The predicted molar refractivity (Wildman–Crippen MR) is 77.0 cm³/mol. The van der Waals surface area contributed by atoms with Gasteiger partial charge in [-0.3, -0.25) is 14.3 Å². The van der Waals surface area contributed by atoms with Crippen LogP contribution < -0.4 is 5.73 Å². The number of pyridine rings is 1. The van der Waals surface area contributed by atoms with Gasteiger partial charge >= 0.3 is 0 Å².